The molecule has 1 saturated heterocycles. The molecule has 3 heteroatoms. The Morgan fingerprint density at radius 1 is 0.939 bits per heavy atom. The lowest BCUT2D eigenvalue weighted by molar-refractivity contribution is -0.110. The average Bonchev–Trinajstić information content (AvgIpc) is 3.20. The van der Waals surface area contributed by atoms with Crippen LogP contribution in [0.2, 0.25) is 0 Å². The highest BCUT2D eigenvalue weighted by molar-refractivity contribution is 6.31. The molecule has 1 N–H and O–H groups in total. The lowest BCUT2D eigenvalue weighted by Crippen LogP contribution is -2.34. The van der Waals surface area contributed by atoms with Crippen LogP contribution in [0.15, 0.2) is 84.9 Å². The maximum atomic E-state index is 12.1. The fraction of sp³-hybridized carbons (Fsp3) is 0.300. The molecule has 1 fully saturated rings. The SMILES string of the molecule is CC=C1C(=O)Nc2cc(C3CCN(CCC(c4ccccc4)c4ccccc4)CC3)ccc21. The molecule has 0 aliphatic carbocycles. The van der Waals surface area contributed by atoms with Gasteiger partial charge in [0, 0.05) is 22.7 Å². The first kappa shape index (κ1) is 21.7. The number of hydrogen-bond donors (Lipinski definition) is 1. The predicted octanol–water partition coefficient (Wildman–Crippen LogP) is 6.44. The van der Waals surface area contributed by atoms with Gasteiger partial charge in [0.1, 0.15) is 0 Å². The van der Waals surface area contributed by atoms with Crippen LogP contribution in [0.3, 0.4) is 0 Å². The zero-order valence-electron chi connectivity index (χ0n) is 19.3. The van der Waals surface area contributed by atoms with E-state index < -0.39 is 0 Å². The molecule has 1 amide bonds. The second-order valence-corrected chi connectivity index (χ2v) is 9.24. The molecule has 3 aromatic rings. The smallest absolute Gasteiger partial charge is 0.256 e. The van der Waals surface area contributed by atoms with Crippen molar-refractivity contribution in [2.24, 2.45) is 0 Å². The number of benzene rings is 3. The molecule has 168 valence electrons. The summed E-state index contributed by atoms with van der Waals surface area (Å²) >= 11 is 0. The van der Waals surface area contributed by atoms with E-state index in [9.17, 15) is 4.79 Å². The minimum atomic E-state index is 0.0193. The lowest BCUT2D eigenvalue weighted by Gasteiger charge is -2.33. The maximum absolute atomic E-state index is 12.1. The number of hydrogen-bond acceptors (Lipinski definition) is 2. The topological polar surface area (TPSA) is 32.3 Å². The lowest BCUT2D eigenvalue weighted by atomic mass is 9.86. The molecule has 3 aromatic carbocycles. The van der Waals surface area contributed by atoms with Gasteiger partial charge in [-0.1, -0.05) is 78.9 Å². The van der Waals surface area contributed by atoms with Crippen LogP contribution >= 0.6 is 0 Å². The van der Waals surface area contributed by atoms with E-state index in [2.05, 4.69) is 89.1 Å². The molecule has 5 rings (SSSR count). The van der Waals surface area contributed by atoms with E-state index in [4.69, 9.17) is 0 Å². The van der Waals surface area contributed by atoms with Gasteiger partial charge in [0.25, 0.3) is 5.91 Å². The number of carbonyl (C=O) groups excluding carboxylic acids is 1. The van der Waals surface area contributed by atoms with Crippen LogP contribution in [0.25, 0.3) is 5.57 Å². The summed E-state index contributed by atoms with van der Waals surface area (Å²) in [6.45, 7) is 5.30. The molecule has 2 aliphatic rings. The fourth-order valence-electron chi connectivity index (χ4n) is 5.45. The largest absolute Gasteiger partial charge is 0.321 e. The highest BCUT2D eigenvalue weighted by atomic mass is 16.2. The van der Waals surface area contributed by atoms with Crippen molar-refractivity contribution in [2.75, 3.05) is 25.0 Å². The van der Waals surface area contributed by atoms with Gasteiger partial charge in [0.2, 0.25) is 0 Å². The van der Waals surface area contributed by atoms with Crippen LogP contribution in [0.1, 0.15) is 60.3 Å². The molecule has 2 heterocycles. The van der Waals surface area contributed by atoms with E-state index in [0.717, 1.165) is 42.9 Å². The summed E-state index contributed by atoms with van der Waals surface area (Å²) in [6, 6.07) is 28.4. The van der Waals surface area contributed by atoms with E-state index >= 15 is 0 Å². The molecule has 0 saturated carbocycles. The van der Waals surface area contributed by atoms with Gasteiger partial charge >= 0.3 is 0 Å². The summed E-state index contributed by atoms with van der Waals surface area (Å²) in [5.74, 6) is 1.02. The number of anilines is 1. The molecule has 33 heavy (non-hydrogen) atoms. The molecule has 0 radical (unpaired) electrons. The highest BCUT2D eigenvalue weighted by Crippen LogP contribution is 2.37. The van der Waals surface area contributed by atoms with Crippen molar-refractivity contribution >= 4 is 17.2 Å². The monoisotopic (exact) mass is 436 g/mol. The molecular formula is C30H32N2O. The summed E-state index contributed by atoms with van der Waals surface area (Å²) in [4.78, 5) is 14.8. The summed E-state index contributed by atoms with van der Waals surface area (Å²) in [5.41, 5.74) is 6.96. The van der Waals surface area contributed by atoms with Crippen molar-refractivity contribution in [3.8, 4) is 0 Å². The average molecular weight is 437 g/mol. The van der Waals surface area contributed by atoms with Crippen molar-refractivity contribution in [1.82, 2.24) is 4.90 Å². The summed E-state index contributed by atoms with van der Waals surface area (Å²) in [5, 5.41) is 3.03. The number of allylic oxidation sites excluding steroid dienone is 1. The van der Waals surface area contributed by atoms with E-state index in [-0.39, 0.29) is 5.91 Å². The fourth-order valence-corrected chi connectivity index (χ4v) is 5.45. The van der Waals surface area contributed by atoms with Gasteiger partial charge in [0.05, 0.1) is 0 Å². The van der Waals surface area contributed by atoms with Crippen LogP contribution in [0.5, 0.6) is 0 Å². The molecular weight excluding hydrogens is 404 g/mol. The van der Waals surface area contributed by atoms with E-state index in [1.807, 2.05) is 13.0 Å². The van der Waals surface area contributed by atoms with Gasteiger partial charge in [-0.15, -0.1) is 0 Å². The molecule has 0 unspecified atom stereocenters. The maximum Gasteiger partial charge on any atom is 0.256 e. The highest BCUT2D eigenvalue weighted by Gasteiger charge is 2.26. The number of amides is 1. The Morgan fingerprint density at radius 2 is 1.58 bits per heavy atom. The van der Waals surface area contributed by atoms with Crippen LogP contribution in [-0.4, -0.2) is 30.4 Å². The minimum Gasteiger partial charge on any atom is -0.321 e. The number of carbonyl (C=O) groups is 1. The minimum absolute atomic E-state index is 0.0193. The van der Waals surface area contributed by atoms with Crippen molar-refractivity contribution in [3.05, 3.63) is 107 Å². The molecule has 0 atom stereocenters. The normalized spacial score (nSPS) is 18.0. The van der Waals surface area contributed by atoms with Crippen LogP contribution in [-0.2, 0) is 4.79 Å². The second-order valence-electron chi connectivity index (χ2n) is 9.24. The summed E-state index contributed by atoms with van der Waals surface area (Å²) in [6.07, 6.45) is 5.38. The van der Waals surface area contributed by atoms with E-state index in [1.54, 1.807) is 0 Å². The Balaban J connectivity index is 1.21. The zero-order chi connectivity index (χ0) is 22.6. The second kappa shape index (κ2) is 9.76. The van der Waals surface area contributed by atoms with Crippen LogP contribution < -0.4 is 5.32 Å². The van der Waals surface area contributed by atoms with Gasteiger partial charge < -0.3 is 10.2 Å². The zero-order valence-corrected chi connectivity index (χ0v) is 19.3. The van der Waals surface area contributed by atoms with Gasteiger partial charge in [-0.2, -0.15) is 0 Å². The van der Waals surface area contributed by atoms with Gasteiger partial charge in [-0.05, 0) is 74.5 Å². The third-order valence-corrected chi connectivity index (χ3v) is 7.31. The van der Waals surface area contributed by atoms with Gasteiger partial charge in [-0.25, -0.2) is 0 Å². The molecule has 2 aliphatic heterocycles. The number of piperidine rings is 1. The van der Waals surface area contributed by atoms with Crippen LogP contribution in [0.4, 0.5) is 5.69 Å². The Kier molecular flexibility index (Phi) is 6.41. The number of likely N-dealkylation sites (tertiary alicyclic amines) is 1. The van der Waals surface area contributed by atoms with E-state index in [1.165, 1.54) is 29.5 Å². The summed E-state index contributed by atoms with van der Waals surface area (Å²) in [7, 11) is 0. The Bertz CT molecular complexity index is 1090. The third kappa shape index (κ3) is 4.65. The van der Waals surface area contributed by atoms with Crippen molar-refractivity contribution in [3.63, 3.8) is 0 Å². The first-order valence-corrected chi connectivity index (χ1v) is 12.2. The van der Waals surface area contributed by atoms with E-state index in [0.29, 0.717) is 11.8 Å². The van der Waals surface area contributed by atoms with Crippen LogP contribution in [0, 0.1) is 0 Å². The number of nitrogens with one attached hydrogen (secondary N) is 1. The first-order valence-electron chi connectivity index (χ1n) is 12.2. The standard InChI is InChI=1S/C30H32N2O/c1-2-26-28-14-13-25(21-29(28)31-30(26)33)22-15-18-32(19-16-22)20-17-27(23-9-5-3-6-10-23)24-11-7-4-8-12-24/h2-14,21-22,27H,15-20H2,1H3,(H,31,33). The van der Waals surface area contributed by atoms with Crippen molar-refractivity contribution in [2.45, 2.75) is 38.0 Å². The molecule has 0 spiro atoms. The first-order chi connectivity index (χ1) is 16.2. The molecule has 3 nitrogen and oxygen atoms in total. The quantitative estimate of drug-likeness (QED) is 0.451. The van der Waals surface area contributed by atoms with Crippen molar-refractivity contribution in [1.29, 1.82) is 0 Å². The Morgan fingerprint density at radius 3 is 2.18 bits per heavy atom. The molecule has 0 aromatic heterocycles. The van der Waals surface area contributed by atoms with Gasteiger partial charge in [-0.3, -0.25) is 4.79 Å². The number of nitrogens with zero attached hydrogens (tertiary/aromatic N) is 1. The predicted molar refractivity (Wildman–Crippen MR) is 136 cm³/mol. The number of rotatable bonds is 6. The van der Waals surface area contributed by atoms with Gasteiger partial charge in [0.15, 0.2) is 0 Å². The third-order valence-electron chi connectivity index (χ3n) is 7.31. The Hall–Kier alpha value is -3.17. The Labute approximate surface area is 197 Å². The summed E-state index contributed by atoms with van der Waals surface area (Å²) < 4.78 is 0. The van der Waals surface area contributed by atoms with Crippen molar-refractivity contribution < 1.29 is 4.79 Å². The molecule has 0 bridgehead atoms. The number of fused-ring (bicyclic) bond motifs is 1.